The molecular formula is C16H32IN7O2. The van der Waals surface area contributed by atoms with Crippen molar-refractivity contribution >= 4 is 35.8 Å². The Labute approximate surface area is 173 Å². The van der Waals surface area contributed by atoms with E-state index >= 15 is 0 Å². The van der Waals surface area contributed by atoms with E-state index < -0.39 is 0 Å². The number of carbonyl (C=O) groups is 1. The summed E-state index contributed by atoms with van der Waals surface area (Å²) >= 11 is 0. The molecule has 9 nitrogen and oxygen atoms in total. The Morgan fingerprint density at radius 1 is 1.31 bits per heavy atom. The maximum atomic E-state index is 11.7. The smallest absolute Gasteiger partial charge is 0.243 e. The first-order chi connectivity index (χ1) is 12.1. The van der Waals surface area contributed by atoms with Crippen LogP contribution < -0.4 is 10.6 Å². The fourth-order valence-electron chi connectivity index (χ4n) is 2.02. The van der Waals surface area contributed by atoms with Crippen molar-refractivity contribution in [3.8, 4) is 0 Å². The number of nitrogens with zero attached hydrogens (tertiary/aromatic N) is 5. The van der Waals surface area contributed by atoms with Crippen LogP contribution in [0.4, 0.5) is 0 Å². The molecule has 1 rings (SSSR count). The molecule has 26 heavy (non-hydrogen) atoms. The molecule has 1 heterocycles. The molecule has 1 aromatic heterocycles. The maximum absolute atomic E-state index is 11.7. The van der Waals surface area contributed by atoms with Crippen LogP contribution in [0.5, 0.6) is 0 Å². The first-order valence-electron chi connectivity index (χ1n) is 8.75. The van der Waals surface area contributed by atoms with Crippen molar-refractivity contribution in [2.75, 3.05) is 46.9 Å². The SMILES string of the molecule is CCOCCCNC(=NCC(=O)N(C)C)NCCn1cnnc1CC.I. The summed E-state index contributed by atoms with van der Waals surface area (Å²) in [6, 6.07) is 0. The van der Waals surface area contributed by atoms with E-state index in [2.05, 4.69) is 25.8 Å². The fourth-order valence-corrected chi connectivity index (χ4v) is 2.02. The van der Waals surface area contributed by atoms with E-state index in [-0.39, 0.29) is 36.4 Å². The second-order valence-electron chi connectivity index (χ2n) is 5.65. The lowest BCUT2D eigenvalue weighted by Crippen LogP contribution is -2.40. The predicted molar refractivity (Wildman–Crippen MR) is 113 cm³/mol. The Kier molecular flexibility index (Phi) is 13.9. The van der Waals surface area contributed by atoms with E-state index in [9.17, 15) is 4.79 Å². The number of ether oxygens (including phenoxy) is 1. The van der Waals surface area contributed by atoms with Gasteiger partial charge in [-0.3, -0.25) is 4.79 Å². The number of amides is 1. The highest BCUT2D eigenvalue weighted by Gasteiger charge is 2.05. The summed E-state index contributed by atoms with van der Waals surface area (Å²) in [5, 5.41) is 14.5. The van der Waals surface area contributed by atoms with E-state index in [0.717, 1.165) is 38.4 Å². The third-order valence-electron chi connectivity index (χ3n) is 3.49. The van der Waals surface area contributed by atoms with Gasteiger partial charge in [0, 0.05) is 53.4 Å². The molecule has 0 aromatic carbocycles. The summed E-state index contributed by atoms with van der Waals surface area (Å²) in [5.41, 5.74) is 0. The number of aryl methyl sites for hydroxylation is 1. The van der Waals surface area contributed by atoms with Crippen molar-refractivity contribution in [2.45, 2.75) is 33.2 Å². The van der Waals surface area contributed by atoms with Crippen LogP contribution in [0.25, 0.3) is 0 Å². The Morgan fingerprint density at radius 2 is 2.04 bits per heavy atom. The molecule has 0 aliphatic heterocycles. The quantitative estimate of drug-likeness (QED) is 0.207. The molecule has 0 unspecified atom stereocenters. The third-order valence-corrected chi connectivity index (χ3v) is 3.49. The summed E-state index contributed by atoms with van der Waals surface area (Å²) in [6.45, 7) is 7.69. The molecule has 0 atom stereocenters. The van der Waals surface area contributed by atoms with Crippen molar-refractivity contribution in [1.29, 1.82) is 0 Å². The summed E-state index contributed by atoms with van der Waals surface area (Å²) < 4.78 is 7.33. The van der Waals surface area contributed by atoms with Crippen molar-refractivity contribution < 1.29 is 9.53 Å². The molecule has 0 saturated heterocycles. The number of rotatable bonds is 11. The van der Waals surface area contributed by atoms with Gasteiger partial charge in [0.05, 0.1) is 0 Å². The lowest BCUT2D eigenvalue weighted by molar-refractivity contribution is -0.127. The minimum atomic E-state index is -0.0394. The van der Waals surface area contributed by atoms with Gasteiger partial charge in [-0.25, -0.2) is 4.99 Å². The molecule has 0 aliphatic rings. The van der Waals surface area contributed by atoms with Gasteiger partial charge in [0.25, 0.3) is 0 Å². The van der Waals surface area contributed by atoms with Crippen LogP contribution in [0.3, 0.4) is 0 Å². The van der Waals surface area contributed by atoms with Gasteiger partial charge >= 0.3 is 0 Å². The highest BCUT2D eigenvalue weighted by molar-refractivity contribution is 14.0. The minimum Gasteiger partial charge on any atom is -0.382 e. The third kappa shape index (κ3) is 9.90. The van der Waals surface area contributed by atoms with Gasteiger partial charge in [0.15, 0.2) is 5.96 Å². The number of hydrogen-bond donors (Lipinski definition) is 2. The van der Waals surface area contributed by atoms with Crippen molar-refractivity contribution in [3.05, 3.63) is 12.2 Å². The second kappa shape index (κ2) is 14.7. The summed E-state index contributed by atoms with van der Waals surface area (Å²) in [7, 11) is 3.44. The lowest BCUT2D eigenvalue weighted by atomic mass is 10.4. The maximum Gasteiger partial charge on any atom is 0.243 e. The zero-order valence-corrected chi connectivity index (χ0v) is 18.5. The van der Waals surface area contributed by atoms with Crippen LogP contribution in [0.15, 0.2) is 11.3 Å². The van der Waals surface area contributed by atoms with Gasteiger partial charge in [-0.1, -0.05) is 6.92 Å². The summed E-state index contributed by atoms with van der Waals surface area (Å²) in [4.78, 5) is 17.6. The Bertz CT molecular complexity index is 534. The van der Waals surface area contributed by atoms with Gasteiger partial charge in [-0.2, -0.15) is 0 Å². The standard InChI is InChI=1S/C16H31N7O2.HI/c1-5-14-21-20-13-23(14)10-9-18-16(17-8-7-11-25-6-2)19-12-15(24)22(3)4;/h13H,5-12H2,1-4H3,(H2,17,18,19);1H. The Hall–Kier alpha value is -1.43. The zero-order valence-electron chi connectivity index (χ0n) is 16.2. The van der Waals surface area contributed by atoms with Crippen molar-refractivity contribution in [1.82, 2.24) is 30.3 Å². The van der Waals surface area contributed by atoms with E-state index in [0.29, 0.717) is 19.1 Å². The molecule has 0 bridgehead atoms. The molecule has 1 aromatic rings. The van der Waals surface area contributed by atoms with Crippen LogP contribution in [-0.2, 0) is 22.5 Å². The monoisotopic (exact) mass is 481 g/mol. The number of likely N-dealkylation sites (N-methyl/N-ethyl adjacent to an activating group) is 1. The molecule has 150 valence electrons. The van der Waals surface area contributed by atoms with E-state index in [4.69, 9.17) is 4.74 Å². The second-order valence-corrected chi connectivity index (χ2v) is 5.65. The number of guanidine groups is 1. The Balaban J connectivity index is 0.00000625. The highest BCUT2D eigenvalue weighted by Crippen LogP contribution is 1.94. The predicted octanol–water partition coefficient (Wildman–Crippen LogP) is 0.509. The highest BCUT2D eigenvalue weighted by atomic mass is 127. The molecule has 1 amide bonds. The number of halogens is 1. The van der Waals surface area contributed by atoms with Crippen LogP contribution in [0, 0.1) is 0 Å². The molecule has 0 saturated carbocycles. The van der Waals surface area contributed by atoms with E-state index in [1.165, 1.54) is 4.90 Å². The fraction of sp³-hybridized carbons (Fsp3) is 0.750. The molecule has 2 N–H and O–H groups in total. The first kappa shape index (κ1) is 24.6. The largest absolute Gasteiger partial charge is 0.382 e. The molecule has 0 aliphatic carbocycles. The molecule has 0 spiro atoms. The normalized spacial score (nSPS) is 11.0. The number of aliphatic imine (C=N–C) groups is 1. The molecule has 10 heteroatoms. The topological polar surface area (TPSA) is 96.7 Å². The van der Waals surface area contributed by atoms with Crippen LogP contribution in [0.2, 0.25) is 0 Å². The first-order valence-corrected chi connectivity index (χ1v) is 8.75. The molecule has 0 radical (unpaired) electrons. The van der Waals surface area contributed by atoms with Crippen LogP contribution >= 0.6 is 24.0 Å². The summed E-state index contributed by atoms with van der Waals surface area (Å²) in [5.74, 6) is 1.54. The van der Waals surface area contributed by atoms with E-state index in [1.54, 1.807) is 20.4 Å². The van der Waals surface area contributed by atoms with E-state index in [1.807, 2.05) is 18.4 Å². The minimum absolute atomic E-state index is 0. The average molecular weight is 481 g/mol. The van der Waals surface area contributed by atoms with Crippen LogP contribution in [-0.4, -0.2) is 78.5 Å². The molecular weight excluding hydrogens is 449 g/mol. The number of nitrogens with one attached hydrogen (secondary N) is 2. The van der Waals surface area contributed by atoms with Gasteiger partial charge in [-0.05, 0) is 13.3 Å². The number of aromatic nitrogens is 3. The van der Waals surface area contributed by atoms with Crippen LogP contribution in [0.1, 0.15) is 26.1 Å². The van der Waals surface area contributed by atoms with Crippen molar-refractivity contribution in [3.63, 3.8) is 0 Å². The molecule has 0 fully saturated rings. The van der Waals surface area contributed by atoms with Crippen molar-refractivity contribution in [2.24, 2.45) is 4.99 Å². The number of hydrogen-bond acceptors (Lipinski definition) is 5. The number of carbonyl (C=O) groups excluding carboxylic acids is 1. The summed E-state index contributed by atoms with van der Waals surface area (Å²) in [6.07, 6.45) is 3.44. The average Bonchev–Trinajstić information content (AvgIpc) is 3.05. The van der Waals surface area contributed by atoms with Gasteiger partial charge in [0.1, 0.15) is 18.7 Å². The zero-order chi connectivity index (χ0) is 18.5. The van der Waals surface area contributed by atoms with Gasteiger partial charge < -0.3 is 24.8 Å². The lowest BCUT2D eigenvalue weighted by Gasteiger charge is -2.14. The Morgan fingerprint density at radius 3 is 2.69 bits per heavy atom. The van der Waals surface area contributed by atoms with Gasteiger partial charge in [-0.15, -0.1) is 34.2 Å². The van der Waals surface area contributed by atoms with Gasteiger partial charge in [0.2, 0.25) is 5.91 Å².